The Morgan fingerprint density at radius 3 is 2.56 bits per heavy atom. The molecular weight excluding hydrogens is 380 g/mol. The van der Waals surface area contributed by atoms with Gasteiger partial charge in [-0.2, -0.15) is 0 Å². The zero-order valence-electron chi connectivity index (χ0n) is 15.1. The van der Waals surface area contributed by atoms with Gasteiger partial charge in [0, 0.05) is 23.0 Å². The number of rotatable bonds is 1. The second kappa shape index (κ2) is 5.55. The number of amides is 1. The predicted molar refractivity (Wildman–Crippen MR) is 102 cm³/mol. The lowest BCUT2D eigenvalue weighted by molar-refractivity contribution is -0.136. The van der Waals surface area contributed by atoms with Crippen molar-refractivity contribution >= 4 is 27.8 Å². The van der Waals surface area contributed by atoms with Crippen molar-refractivity contribution in [3.05, 3.63) is 33.8 Å². The van der Waals surface area contributed by atoms with Gasteiger partial charge >= 0.3 is 0 Å². The van der Waals surface area contributed by atoms with Gasteiger partial charge in [-0.1, -0.05) is 22.0 Å². The van der Waals surface area contributed by atoms with Crippen LogP contribution in [-0.4, -0.2) is 48.9 Å². The lowest BCUT2D eigenvalue weighted by Crippen LogP contribution is -2.52. The van der Waals surface area contributed by atoms with E-state index in [0.29, 0.717) is 12.0 Å². The number of likely N-dealkylation sites (N-methyl/N-ethyl adjacent to an activating group) is 1. The van der Waals surface area contributed by atoms with Crippen molar-refractivity contribution in [3.63, 3.8) is 0 Å². The summed E-state index contributed by atoms with van der Waals surface area (Å²) in [4.78, 5) is 22.1. The molecule has 1 heterocycles. The van der Waals surface area contributed by atoms with E-state index in [4.69, 9.17) is 10.7 Å². The van der Waals surface area contributed by atoms with Crippen molar-refractivity contribution in [2.75, 3.05) is 21.1 Å². The largest absolute Gasteiger partial charge is 0.369 e. The summed E-state index contributed by atoms with van der Waals surface area (Å²) < 4.78 is 0.987. The average molecular weight is 405 g/mol. The summed E-state index contributed by atoms with van der Waals surface area (Å²) in [7, 11) is 6.03. The maximum Gasteiger partial charge on any atom is 0.262 e. The van der Waals surface area contributed by atoms with E-state index in [2.05, 4.69) is 53.1 Å². The van der Waals surface area contributed by atoms with Gasteiger partial charge in [-0.05, 0) is 69.5 Å². The quantitative estimate of drug-likeness (QED) is 0.781. The highest BCUT2D eigenvalue weighted by Gasteiger charge is 2.66. The van der Waals surface area contributed by atoms with Crippen LogP contribution in [0.2, 0.25) is 0 Å². The molecule has 1 aliphatic heterocycles. The van der Waals surface area contributed by atoms with Gasteiger partial charge in [-0.15, -0.1) is 0 Å². The fourth-order valence-electron chi connectivity index (χ4n) is 5.19. The SMILES string of the molecule is CN1C(=O)C2(N=C1N)c1cc(Br)ccc1C[C@]21CC[C@H](N(C)C)CC1. The number of benzene rings is 1. The molecule has 0 aromatic heterocycles. The second-order valence-corrected chi connectivity index (χ2v) is 8.91. The van der Waals surface area contributed by atoms with Crippen LogP contribution in [0.4, 0.5) is 0 Å². The summed E-state index contributed by atoms with van der Waals surface area (Å²) in [6.07, 6.45) is 5.09. The van der Waals surface area contributed by atoms with E-state index in [1.165, 1.54) is 10.5 Å². The van der Waals surface area contributed by atoms with Crippen molar-refractivity contribution < 1.29 is 4.79 Å². The van der Waals surface area contributed by atoms with Crippen molar-refractivity contribution in [2.45, 2.75) is 43.7 Å². The Hall–Kier alpha value is -1.40. The molecule has 0 saturated heterocycles. The monoisotopic (exact) mass is 404 g/mol. The van der Waals surface area contributed by atoms with E-state index < -0.39 is 5.54 Å². The molecule has 1 atom stereocenters. The molecule has 3 aliphatic rings. The third kappa shape index (κ3) is 2.16. The van der Waals surface area contributed by atoms with Crippen LogP contribution >= 0.6 is 15.9 Å². The normalized spacial score (nSPS) is 34.3. The molecule has 0 radical (unpaired) electrons. The minimum Gasteiger partial charge on any atom is -0.369 e. The van der Waals surface area contributed by atoms with E-state index in [9.17, 15) is 4.79 Å². The fraction of sp³-hybridized carbons (Fsp3) is 0.579. The molecule has 134 valence electrons. The zero-order valence-corrected chi connectivity index (χ0v) is 16.6. The first-order chi connectivity index (χ1) is 11.8. The van der Waals surface area contributed by atoms with Gasteiger partial charge in [0.25, 0.3) is 5.91 Å². The minimum atomic E-state index is -0.845. The van der Waals surface area contributed by atoms with Crippen LogP contribution in [0.15, 0.2) is 27.7 Å². The number of nitrogens with zero attached hydrogens (tertiary/aromatic N) is 3. The van der Waals surface area contributed by atoms with E-state index in [-0.39, 0.29) is 11.3 Å². The summed E-state index contributed by atoms with van der Waals surface area (Å²) >= 11 is 3.58. The van der Waals surface area contributed by atoms with Crippen LogP contribution in [0.5, 0.6) is 0 Å². The lowest BCUT2D eigenvalue weighted by atomic mass is 9.61. The van der Waals surface area contributed by atoms with E-state index in [1.807, 2.05) is 0 Å². The number of hydrogen-bond acceptors (Lipinski definition) is 4. The first-order valence-electron chi connectivity index (χ1n) is 8.89. The number of hydrogen-bond donors (Lipinski definition) is 1. The molecule has 1 saturated carbocycles. The molecule has 6 heteroatoms. The van der Waals surface area contributed by atoms with Crippen LogP contribution in [0.1, 0.15) is 36.8 Å². The minimum absolute atomic E-state index is 0.0325. The number of aliphatic imine (C=N–C) groups is 1. The Kier molecular flexibility index (Phi) is 3.78. The maximum atomic E-state index is 13.4. The third-order valence-corrected chi connectivity index (χ3v) is 7.13. The van der Waals surface area contributed by atoms with Crippen LogP contribution in [-0.2, 0) is 16.8 Å². The smallest absolute Gasteiger partial charge is 0.262 e. The summed E-state index contributed by atoms with van der Waals surface area (Å²) in [6.45, 7) is 0. The van der Waals surface area contributed by atoms with Crippen molar-refractivity contribution in [2.24, 2.45) is 16.1 Å². The molecule has 2 aliphatic carbocycles. The average Bonchev–Trinajstić information content (AvgIpc) is 2.97. The third-order valence-electron chi connectivity index (χ3n) is 6.64. The van der Waals surface area contributed by atoms with Gasteiger partial charge in [0.15, 0.2) is 11.5 Å². The standard InChI is InChI=1S/C19H25BrN4O/c1-23(2)14-6-8-18(9-7-14)11-12-4-5-13(20)10-15(12)19(18)16(25)24(3)17(21)22-19/h4-5,10,14H,6-9,11H2,1-3H3,(H2,21,22)/t14-,18+,19?. The van der Waals surface area contributed by atoms with Gasteiger partial charge < -0.3 is 10.6 Å². The predicted octanol–water partition coefficient (Wildman–Crippen LogP) is 2.48. The van der Waals surface area contributed by atoms with Crippen molar-refractivity contribution in [1.82, 2.24) is 9.80 Å². The van der Waals surface area contributed by atoms with Crippen molar-refractivity contribution in [1.29, 1.82) is 0 Å². The summed E-state index contributed by atoms with van der Waals surface area (Å²) in [5.41, 5.74) is 7.40. The summed E-state index contributed by atoms with van der Waals surface area (Å²) in [5.74, 6) is 0.372. The Balaban J connectivity index is 1.85. The molecular formula is C19H25BrN4O. The molecule has 4 rings (SSSR count). The van der Waals surface area contributed by atoms with Gasteiger partial charge in [-0.3, -0.25) is 9.69 Å². The topological polar surface area (TPSA) is 61.9 Å². The molecule has 1 fully saturated rings. The second-order valence-electron chi connectivity index (χ2n) is 8.00. The van der Waals surface area contributed by atoms with Gasteiger partial charge in [0.1, 0.15) is 0 Å². The number of halogens is 1. The van der Waals surface area contributed by atoms with Gasteiger partial charge in [0.2, 0.25) is 0 Å². The van der Waals surface area contributed by atoms with Crippen LogP contribution in [0, 0.1) is 5.41 Å². The molecule has 5 nitrogen and oxygen atoms in total. The number of guanidine groups is 1. The van der Waals surface area contributed by atoms with Gasteiger partial charge in [-0.25, -0.2) is 4.99 Å². The Morgan fingerprint density at radius 2 is 2.00 bits per heavy atom. The number of fused-ring (bicyclic) bond motifs is 3. The molecule has 25 heavy (non-hydrogen) atoms. The molecule has 2 N–H and O–H groups in total. The molecule has 1 amide bonds. The number of carbonyl (C=O) groups is 1. The summed E-state index contributed by atoms with van der Waals surface area (Å²) in [6, 6.07) is 6.86. The molecule has 1 aromatic rings. The van der Waals surface area contributed by atoms with Crippen LogP contribution in [0.25, 0.3) is 0 Å². The number of carbonyl (C=O) groups excluding carboxylic acids is 1. The van der Waals surface area contributed by atoms with E-state index in [0.717, 1.165) is 42.1 Å². The highest BCUT2D eigenvalue weighted by molar-refractivity contribution is 9.10. The van der Waals surface area contributed by atoms with Crippen LogP contribution in [0.3, 0.4) is 0 Å². The maximum absolute atomic E-state index is 13.4. The Bertz CT molecular complexity index is 767. The van der Waals surface area contributed by atoms with Crippen LogP contribution < -0.4 is 5.73 Å². The molecule has 2 spiro atoms. The fourth-order valence-corrected chi connectivity index (χ4v) is 5.55. The Labute approximate surface area is 157 Å². The first-order valence-corrected chi connectivity index (χ1v) is 9.69. The highest BCUT2D eigenvalue weighted by atomic mass is 79.9. The molecule has 1 aromatic carbocycles. The van der Waals surface area contributed by atoms with E-state index in [1.54, 1.807) is 7.05 Å². The highest BCUT2D eigenvalue weighted by Crippen LogP contribution is 2.62. The van der Waals surface area contributed by atoms with E-state index >= 15 is 0 Å². The molecule has 1 unspecified atom stereocenters. The van der Waals surface area contributed by atoms with Crippen molar-refractivity contribution in [3.8, 4) is 0 Å². The zero-order chi connectivity index (χ0) is 18.0. The molecule has 0 bridgehead atoms. The summed E-state index contributed by atoms with van der Waals surface area (Å²) in [5, 5.41) is 0. The Morgan fingerprint density at radius 1 is 1.32 bits per heavy atom. The number of nitrogens with two attached hydrogens (primary N) is 1. The first kappa shape index (κ1) is 17.0. The van der Waals surface area contributed by atoms with Gasteiger partial charge in [0.05, 0.1) is 0 Å². The lowest BCUT2D eigenvalue weighted by Gasteiger charge is -2.46.